The highest BCUT2D eigenvalue weighted by Gasteiger charge is 2.36. The minimum atomic E-state index is -0.569. The number of nitrogens with one attached hydrogen (secondary N) is 1. The van der Waals surface area contributed by atoms with Crippen LogP contribution in [0.2, 0.25) is 0 Å². The molecule has 4 N–H and O–H groups in total. The lowest BCUT2D eigenvalue weighted by atomic mass is 9.82. The Morgan fingerprint density at radius 1 is 1.19 bits per heavy atom. The van der Waals surface area contributed by atoms with Crippen molar-refractivity contribution in [1.29, 1.82) is 5.26 Å². The predicted molar refractivity (Wildman–Crippen MR) is 96.2 cm³/mol. The molecule has 2 aromatic carbocycles. The van der Waals surface area contributed by atoms with Crippen molar-refractivity contribution < 1.29 is 9.84 Å². The van der Waals surface area contributed by atoms with E-state index < -0.39 is 5.92 Å². The maximum absolute atomic E-state index is 10.4. The smallest absolute Gasteiger partial charge is 0.244 e. The van der Waals surface area contributed by atoms with Gasteiger partial charge in [0, 0.05) is 11.1 Å². The summed E-state index contributed by atoms with van der Waals surface area (Å²) in [7, 11) is 0. The van der Waals surface area contributed by atoms with Crippen molar-refractivity contribution in [3.63, 3.8) is 0 Å². The maximum atomic E-state index is 10.4. The maximum Gasteiger partial charge on any atom is 0.244 e. The van der Waals surface area contributed by atoms with Crippen molar-refractivity contribution in [2.24, 2.45) is 5.73 Å². The van der Waals surface area contributed by atoms with E-state index in [0.717, 1.165) is 16.8 Å². The van der Waals surface area contributed by atoms with Crippen LogP contribution < -0.4 is 10.5 Å². The first-order valence-corrected chi connectivity index (χ1v) is 8.11. The minimum absolute atomic E-state index is 0.00444. The highest BCUT2D eigenvalue weighted by molar-refractivity contribution is 5.71. The third kappa shape index (κ3) is 2.38. The molecule has 6 heteroatoms. The predicted octanol–water partition coefficient (Wildman–Crippen LogP) is 3.31. The van der Waals surface area contributed by atoms with E-state index in [1.54, 1.807) is 24.3 Å². The zero-order chi connectivity index (χ0) is 18.3. The van der Waals surface area contributed by atoms with E-state index in [9.17, 15) is 10.4 Å². The van der Waals surface area contributed by atoms with Gasteiger partial charge in [-0.25, -0.2) is 0 Å². The number of para-hydroxylation sites is 1. The number of ether oxygens (including phenoxy) is 1. The monoisotopic (exact) mass is 344 g/mol. The van der Waals surface area contributed by atoms with Gasteiger partial charge in [-0.15, -0.1) is 5.10 Å². The van der Waals surface area contributed by atoms with Gasteiger partial charge in [-0.05, 0) is 13.0 Å². The molecule has 4 rings (SSSR count). The first-order chi connectivity index (χ1) is 12.6. The number of hydrogen-bond acceptors (Lipinski definition) is 5. The number of nitrogens with two attached hydrogens (primary N) is 1. The number of H-pyrrole nitrogens is 1. The largest absolute Gasteiger partial charge is 0.508 e. The summed E-state index contributed by atoms with van der Waals surface area (Å²) in [5, 5.41) is 27.3. The fourth-order valence-electron chi connectivity index (χ4n) is 3.23. The Morgan fingerprint density at radius 3 is 2.62 bits per heavy atom. The Morgan fingerprint density at radius 2 is 1.92 bits per heavy atom. The van der Waals surface area contributed by atoms with Crippen molar-refractivity contribution in [2.45, 2.75) is 12.8 Å². The van der Waals surface area contributed by atoms with Crippen molar-refractivity contribution in [2.75, 3.05) is 0 Å². The van der Waals surface area contributed by atoms with Gasteiger partial charge in [0.05, 0.1) is 17.2 Å². The van der Waals surface area contributed by atoms with Crippen LogP contribution in [0.4, 0.5) is 0 Å². The zero-order valence-electron chi connectivity index (χ0n) is 14.0. The summed E-state index contributed by atoms with van der Waals surface area (Å²) in [6.45, 7) is 2.01. The zero-order valence-corrected chi connectivity index (χ0v) is 14.0. The van der Waals surface area contributed by atoms with Gasteiger partial charge in [-0.3, -0.25) is 5.10 Å². The molecule has 2 heterocycles. The highest BCUT2D eigenvalue weighted by atomic mass is 16.5. The molecule has 26 heavy (non-hydrogen) atoms. The first-order valence-electron chi connectivity index (χ1n) is 8.11. The molecule has 0 bridgehead atoms. The van der Waals surface area contributed by atoms with Crippen LogP contribution in [0.25, 0.3) is 11.3 Å². The molecule has 0 unspecified atom stereocenters. The fourth-order valence-corrected chi connectivity index (χ4v) is 3.23. The number of nitriles is 1. The molecule has 128 valence electrons. The summed E-state index contributed by atoms with van der Waals surface area (Å²) in [6, 6.07) is 17.0. The van der Waals surface area contributed by atoms with Gasteiger partial charge in [0.1, 0.15) is 17.4 Å². The van der Waals surface area contributed by atoms with E-state index in [1.165, 1.54) is 0 Å². The Hall–Kier alpha value is -3.72. The topological polar surface area (TPSA) is 108 Å². The molecule has 0 saturated heterocycles. The quantitative estimate of drug-likeness (QED) is 0.661. The average Bonchev–Trinajstić information content (AvgIpc) is 3.05. The van der Waals surface area contributed by atoms with Gasteiger partial charge in [0.15, 0.2) is 0 Å². The summed E-state index contributed by atoms with van der Waals surface area (Å²) in [5.41, 5.74) is 10.2. The second-order valence-corrected chi connectivity index (χ2v) is 6.17. The molecule has 0 spiro atoms. The number of aromatic nitrogens is 2. The molecule has 1 aliphatic rings. The number of phenols is 1. The van der Waals surface area contributed by atoms with Crippen molar-refractivity contribution in [1.82, 2.24) is 10.2 Å². The van der Waals surface area contributed by atoms with E-state index in [1.807, 2.05) is 31.2 Å². The number of nitrogens with zero attached hydrogens (tertiary/aromatic N) is 2. The summed E-state index contributed by atoms with van der Waals surface area (Å²) in [4.78, 5) is 0. The van der Waals surface area contributed by atoms with E-state index in [4.69, 9.17) is 10.5 Å². The number of aromatic amines is 1. The van der Waals surface area contributed by atoms with Crippen LogP contribution >= 0.6 is 0 Å². The van der Waals surface area contributed by atoms with E-state index in [0.29, 0.717) is 17.0 Å². The number of phenolic OH excluding ortho intramolecular Hbond substituents is 1. The molecule has 0 aliphatic carbocycles. The third-order valence-electron chi connectivity index (χ3n) is 4.53. The molecule has 1 aliphatic heterocycles. The first kappa shape index (κ1) is 15.8. The molecular weight excluding hydrogens is 328 g/mol. The SMILES string of the molecule is Cc1ccc(-c2[nH]nc3c2[C@@H](c2ccccc2O)C(C#N)=C(N)O3)cc1. The Kier molecular flexibility index (Phi) is 3.63. The number of fused-ring (bicyclic) bond motifs is 1. The van der Waals surface area contributed by atoms with E-state index >= 15 is 0 Å². The molecule has 1 atom stereocenters. The van der Waals surface area contributed by atoms with Crippen molar-refractivity contribution in [3.05, 3.63) is 76.7 Å². The van der Waals surface area contributed by atoms with Gasteiger partial charge in [0.2, 0.25) is 11.8 Å². The molecule has 3 aromatic rings. The Bertz CT molecular complexity index is 1060. The number of aryl methyl sites for hydroxylation is 1. The Balaban J connectivity index is 1.97. The van der Waals surface area contributed by atoms with Crippen LogP contribution in [0, 0.1) is 18.3 Å². The lowest BCUT2D eigenvalue weighted by Crippen LogP contribution is -2.21. The normalized spacial score (nSPS) is 15.9. The molecule has 0 radical (unpaired) electrons. The van der Waals surface area contributed by atoms with Gasteiger partial charge in [0.25, 0.3) is 0 Å². The number of allylic oxidation sites excluding steroid dienone is 1. The average molecular weight is 344 g/mol. The molecule has 1 aromatic heterocycles. The van der Waals surface area contributed by atoms with Crippen molar-refractivity contribution in [3.8, 4) is 29.0 Å². The molecular formula is C20H16N4O2. The minimum Gasteiger partial charge on any atom is -0.508 e. The fraction of sp³-hybridized carbons (Fsp3) is 0.100. The molecule has 0 fully saturated rings. The van der Waals surface area contributed by atoms with Crippen molar-refractivity contribution >= 4 is 0 Å². The summed E-state index contributed by atoms with van der Waals surface area (Å²) in [6.07, 6.45) is 0. The number of aromatic hydroxyl groups is 1. The van der Waals surface area contributed by atoms with Crippen LogP contribution in [0.15, 0.2) is 60.0 Å². The lowest BCUT2D eigenvalue weighted by molar-refractivity contribution is 0.377. The summed E-state index contributed by atoms with van der Waals surface area (Å²) >= 11 is 0. The van der Waals surface area contributed by atoms with E-state index in [2.05, 4.69) is 16.3 Å². The van der Waals surface area contributed by atoms with Gasteiger partial charge in [-0.2, -0.15) is 5.26 Å². The van der Waals surface area contributed by atoms with Crippen LogP contribution in [0.3, 0.4) is 0 Å². The van der Waals surface area contributed by atoms with Crippen LogP contribution in [0.1, 0.15) is 22.6 Å². The van der Waals surface area contributed by atoms with Gasteiger partial charge < -0.3 is 15.6 Å². The van der Waals surface area contributed by atoms with Gasteiger partial charge in [-0.1, -0.05) is 48.0 Å². The second kappa shape index (κ2) is 5.97. The number of hydrogen-bond donors (Lipinski definition) is 3. The molecule has 6 nitrogen and oxygen atoms in total. The summed E-state index contributed by atoms with van der Waals surface area (Å²) in [5.74, 6) is -0.178. The number of rotatable bonds is 2. The highest BCUT2D eigenvalue weighted by Crippen LogP contribution is 2.47. The molecule has 0 saturated carbocycles. The van der Waals surface area contributed by atoms with Gasteiger partial charge >= 0.3 is 0 Å². The Labute approximate surface area is 150 Å². The van der Waals surface area contributed by atoms with Crippen LogP contribution in [-0.4, -0.2) is 15.3 Å². The summed E-state index contributed by atoms with van der Waals surface area (Å²) < 4.78 is 5.56. The second-order valence-electron chi connectivity index (χ2n) is 6.17. The molecule has 0 amide bonds. The van der Waals surface area contributed by atoms with Crippen LogP contribution in [0.5, 0.6) is 11.6 Å². The number of benzene rings is 2. The van der Waals surface area contributed by atoms with E-state index in [-0.39, 0.29) is 17.2 Å². The standard InChI is InChI=1S/C20H16N4O2/c1-11-6-8-12(9-7-11)18-17-16(13-4-2-3-5-15(13)25)14(10-21)19(22)26-20(17)24-23-18/h2-9,16,25H,22H2,1H3,(H,23,24)/t16-/m0/s1. The van der Waals surface area contributed by atoms with Crippen LogP contribution in [-0.2, 0) is 0 Å². The third-order valence-corrected chi connectivity index (χ3v) is 4.53. The lowest BCUT2D eigenvalue weighted by Gasteiger charge is -2.24.